The van der Waals surface area contributed by atoms with Gasteiger partial charge in [-0.05, 0) is 24.1 Å². The maximum atomic E-state index is 12.6. The minimum Gasteiger partial charge on any atom is -0.471 e. The lowest BCUT2D eigenvalue weighted by Gasteiger charge is -2.42. The molecule has 8 atom stereocenters. The van der Waals surface area contributed by atoms with Crippen LogP contribution >= 0.6 is 0 Å². The highest BCUT2D eigenvalue weighted by Gasteiger charge is 2.50. The van der Waals surface area contributed by atoms with Gasteiger partial charge in [-0.3, -0.25) is 4.98 Å². The first-order valence-corrected chi connectivity index (χ1v) is 12.4. The number of allylic oxidation sites excluding steroid dienone is 1. The molecule has 1 aliphatic carbocycles. The minimum atomic E-state index is -1.61. The number of para-hydroxylation sites is 1. The number of aromatic nitrogens is 2. The number of carbonyl (C=O) groups is 1. The quantitative estimate of drug-likeness (QED) is 0.304. The van der Waals surface area contributed by atoms with Crippen LogP contribution in [0, 0.1) is 11.8 Å². The SMILES string of the molecule is COC(=O)C1=COC(OC2OC(CO)C(O)C(O)C2O)C2C(c3nccc4c3[nH]c3ccccc34)=CCC12. The van der Waals surface area contributed by atoms with Crippen molar-refractivity contribution >= 4 is 33.3 Å². The molecule has 3 aromatic rings. The molecule has 1 saturated heterocycles. The second kappa shape index (κ2) is 9.77. The Morgan fingerprint density at radius 2 is 1.92 bits per heavy atom. The second-order valence-electron chi connectivity index (χ2n) is 9.68. The molecule has 0 radical (unpaired) electrons. The number of aliphatic hydroxyl groups is 4. The fourth-order valence-corrected chi connectivity index (χ4v) is 5.72. The van der Waals surface area contributed by atoms with Gasteiger partial charge in [0.2, 0.25) is 6.29 Å². The molecule has 1 fully saturated rings. The van der Waals surface area contributed by atoms with Gasteiger partial charge in [-0.25, -0.2) is 4.79 Å². The summed E-state index contributed by atoms with van der Waals surface area (Å²) in [6, 6.07) is 9.86. The van der Waals surface area contributed by atoms with Gasteiger partial charge in [-0.15, -0.1) is 0 Å². The number of carbonyl (C=O) groups excluding carboxylic acids is 1. The number of esters is 1. The van der Waals surface area contributed by atoms with E-state index in [1.165, 1.54) is 13.4 Å². The summed E-state index contributed by atoms with van der Waals surface area (Å²) in [5.41, 5.74) is 3.55. The van der Waals surface area contributed by atoms with Crippen molar-refractivity contribution in [2.45, 2.75) is 43.4 Å². The highest BCUT2D eigenvalue weighted by molar-refractivity contribution is 6.10. The van der Waals surface area contributed by atoms with Gasteiger partial charge in [0, 0.05) is 28.4 Å². The molecular weight excluding hydrogens is 496 g/mol. The monoisotopic (exact) mass is 524 g/mol. The Labute approximate surface area is 216 Å². The number of hydrogen-bond acceptors (Lipinski definition) is 10. The lowest BCUT2D eigenvalue weighted by Crippen LogP contribution is -2.60. The molecule has 0 saturated carbocycles. The number of aromatic amines is 1. The number of nitrogens with one attached hydrogen (secondary N) is 1. The molecule has 6 rings (SSSR count). The maximum absolute atomic E-state index is 12.6. The number of rotatable bonds is 5. The van der Waals surface area contributed by atoms with Crippen molar-refractivity contribution < 1.29 is 44.2 Å². The molecule has 0 spiro atoms. The van der Waals surface area contributed by atoms with Crippen molar-refractivity contribution in [1.29, 1.82) is 0 Å². The molecule has 200 valence electrons. The van der Waals surface area contributed by atoms with Crippen LogP contribution in [0.3, 0.4) is 0 Å². The molecule has 38 heavy (non-hydrogen) atoms. The number of pyridine rings is 1. The Morgan fingerprint density at radius 3 is 2.71 bits per heavy atom. The Balaban J connectivity index is 1.39. The summed E-state index contributed by atoms with van der Waals surface area (Å²) in [7, 11) is 1.30. The highest BCUT2D eigenvalue weighted by atomic mass is 16.8. The van der Waals surface area contributed by atoms with Gasteiger partial charge in [0.25, 0.3) is 0 Å². The topological polar surface area (TPSA) is 164 Å². The third kappa shape index (κ3) is 3.90. The Bertz CT molecular complexity index is 1430. The van der Waals surface area contributed by atoms with Gasteiger partial charge in [-0.1, -0.05) is 24.3 Å². The molecule has 11 heteroatoms. The number of fused-ring (bicyclic) bond motifs is 4. The van der Waals surface area contributed by atoms with Crippen LogP contribution in [0.15, 0.2) is 54.4 Å². The fraction of sp³-hybridized carbons (Fsp3) is 0.407. The summed E-state index contributed by atoms with van der Waals surface area (Å²) >= 11 is 0. The molecule has 0 amide bonds. The van der Waals surface area contributed by atoms with E-state index in [1.807, 2.05) is 36.4 Å². The summed E-state index contributed by atoms with van der Waals surface area (Å²) in [4.78, 5) is 20.7. The molecule has 2 aromatic heterocycles. The van der Waals surface area contributed by atoms with Crippen molar-refractivity contribution in [3.8, 4) is 0 Å². The van der Waals surface area contributed by atoms with E-state index in [1.54, 1.807) is 6.20 Å². The number of hydrogen-bond donors (Lipinski definition) is 5. The van der Waals surface area contributed by atoms with E-state index in [-0.39, 0.29) is 5.92 Å². The molecule has 3 aliphatic rings. The van der Waals surface area contributed by atoms with E-state index in [9.17, 15) is 25.2 Å². The number of methoxy groups -OCH3 is 1. The third-order valence-corrected chi connectivity index (χ3v) is 7.65. The van der Waals surface area contributed by atoms with Crippen LogP contribution < -0.4 is 0 Å². The van der Waals surface area contributed by atoms with Crippen LogP contribution in [-0.4, -0.2) is 87.1 Å². The normalized spacial score (nSPS) is 33.0. The molecule has 4 heterocycles. The molecule has 0 bridgehead atoms. The molecule has 1 aromatic carbocycles. The van der Waals surface area contributed by atoms with Gasteiger partial charge in [0.15, 0.2) is 6.29 Å². The van der Waals surface area contributed by atoms with E-state index >= 15 is 0 Å². The van der Waals surface area contributed by atoms with Gasteiger partial charge in [0.05, 0.1) is 42.7 Å². The highest BCUT2D eigenvalue weighted by Crippen LogP contribution is 2.49. The first kappa shape index (κ1) is 25.0. The zero-order valence-electron chi connectivity index (χ0n) is 20.4. The molecule has 8 unspecified atom stereocenters. The standard InChI is InChI=1S/C27H28N2O9/c1-35-25(34)16-11-36-26(38-27-24(33)23(32)22(31)18(10-30)37-27)19-13(16)6-7-15(19)20-21-14(8-9-28-20)12-4-2-3-5-17(12)29-21/h2-5,7-9,11,13,18-19,22-24,26-27,29-33H,6,10H2,1H3. The summed E-state index contributed by atoms with van der Waals surface area (Å²) in [5, 5.41) is 42.5. The van der Waals surface area contributed by atoms with E-state index < -0.39 is 55.5 Å². The van der Waals surface area contributed by atoms with Crippen molar-refractivity contribution in [2.75, 3.05) is 13.7 Å². The average molecular weight is 525 g/mol. The van der Waals surface area contributed by atoms with E-state index in [4.69, 9.17) is 18.9 Å². The van der Waals surface area contributed by atoms with Gasteiger partial charge < -0.3 is 44.4 Å². The smallest absolute Gasteiger partial charge is 0.337 e. The number of aliphatic hydroxyl groups excluding tert-OH is 4. The van der Waals surface area contributed by atoms with Crippen molar-refractivity contribution in [1.82, 2.24) is 9.97 Å². The lowest BCUT2D eigenvalue weighted by atomic mass is 9.82. The Hall–Kier alpha value is -3.32. The number of ether oxygens (including phenoxy) is 4. The van der Waals surface area contributed by atoms with Crippen LogP contribution in [0.25, 0.3) is 27.4 Å². The molecular formula is C27H28N2O9. The first-order chi connectivity index (χ1) is 18.4. The average Bonchev–Trinajstić information content (AvgIpc) is 3.55. The van der Waals surface area contributed by atoms with E-state index in [2.05, 4.69) is 9.97 Å². The van der Waals surface area contributed by atoms with Crippen LogP contribution in [-0.2, 0) is 23.7 Å². The third-order valence-electron chi connectivity index (χ3n) is 7.65. The number of nitrogens with zero attached hydrogens (tertiary/aromatic N) is 1. The largest absolute Gasteiger partial charge is 0.471 e. The van der Waals surface area contributed by atoms with Crippen molar-refractivity contribution in [2.24, 2.45) is 11.8 Å². The molecule has 5 N–H and O–H groups in total. The summed E-state index contributed by atoms with van der Waals surface area (Å²) < 4.78 is 22.5. The maximum Gasteiger partial charge on any atom is 0.337 e. The zero-order valence-corrected chi connectivity index (χ0v) is 20.4. The van der Waals surface area contributed by atoms with Crippen LogP contribution in [0.4, 0.5) is 0 Å². The minimum absolute atomic E-state index is 0.334. The van der Waals surface area contributed by atoms with E-state index in [0.29, 0.717) is 17.7 Å². The van der Waals surface area contributed by atoms with Crippen LogP contribution in [0.5, 0.6) is 0 Å². The zero-order chi connectivity index (χ0) is 26.6. The van der Waals surface area contributed by atoms with Crippen LogP contribution in [0.2, 0.25) is 0 Å². The Kier molecular flexibility index (Phi) is 6.42. The lowest BCUT2D eigenvalue weighted by molar-refractivity contribution is -0.338. The summed E-state index contributed by atoms with van der Waals surface area (Å²) in [6.45, 7) is -0.591. The van der Waals surface area contributed by atoms with Crippen molar-refractivity contribution in [3.63, 3.8) is 0 Å². The Morgan fingerprint density at radius 1 is 1.11 bits per heavy atom. The van der Waals surface area contributed by atoms with Gasteiger partial charge in [-0.2, -0.15) is 0 Å². The first-order valence-electron chi connectivity index (χ1n) is 12.4. The van der Waals surface area contributed by atoms with Gasteiger partial charge >= 0.3 is 5.97 Å². The van der Waals surface area contributed by atoms with E-state index in [0.717, 1.165) is 27.4 Å². The van der Waals surface area contributed by atoms with Crippen molar-refractivity contribution in [3.05, 3.63) is 60.1 Å². The summed E-state index contributed by atoms with van der Waals surface area (Å²) in [5.74, 6) is -1.45. The molecule has 2 aliphatic heterocycles. The number of H-pyrrole nitrogens is 1. The predicted octanol–water partition coefficient (Wildman–Crippen LogP) is 0.965. The van der Waals surface area contributed by atoms with Crippen LogP contribution in [0.1, 0.15) is 12.1 Å². The fourth-order valence-electron chi connectivity index (χ4n) is 5.72. The second-order valence-corrected chi connectivity index (χ2v) is 9.68. The number of benzene rings is 1. The van der Waals surface area contributed by atoms with Gasteiger partial charge in [0.1, 0.15) is 24.4 Å². The molecule has 11 nitrogen and oxygen atoms in total. The predicted molar refractivity (Wildman–Crippen MR) is 133 cm³/mol. The summed E-state index contributed by atoms with van der Waals surface area (Å²) in [6.07, 6.45) is -2.86.